The largest absolute Gasteiger partial charge is 0.474 e. The molecule has 152 valence electrons. The molecule has 30 heavy (non-hydrogen) atoms. The average Bonchev–Trinajstić information content (AvgIpc) is 2.74. The Morgan fingerprint density at radius 2 is 1.53 bits per heavy atom. The maximum absolute atomic E-state index is 12.5. The van der Waals surface area contributed by atoms with Crippen molar-refractivity contribution in [2.75, 3.05) is 10.6 Å². The Hall–Kier alpha value is -4.20. The Labute approximate surface area is 172 Å². The van der Waals surface area contributed by atoms with Crippen molar-refractivity contribution in [3.8, 4) is 5.75 Å². The van der Waals surface area contributed by atoms with Crippen LogP contribution in [0.5, 0.6) is 5.75 Å². The first-order valence-corrected chi connectivity index (χ1v) is 9.11. The third-order valence-electron chi connectivity index (χ3n) is 4.16. The second kappa shape index (κ2) is 9.33. The molecule has 0 spiro atoms. The third kappa shape index (κ3) is 5.20. The maximum atomic E-state index is 12.5. The molecule has 1 unspecified atom stereocenters. The topological polar surface area (TPSA) is 111 Å². The number of nitro groups is 1. The van der Waals surface area contributed by atoms with Crippen LogP contribution in [0.1, 0.15) is 17.3 Å². The predicted molar refractivity (Wildman–Crippen MR) is 113 cm³/mol. The normalized spacial score (nSPS) is 11.2. The number of anilines is 2. The Morgan fingerprint density at radius 3 is 2.23 bits per heavy atom. The zero-order chi connectivity index (χ0) is 21.5. The van der Waals surface area contributed by atoms with E-state index in [2.05, 4.69) is 10.6 Å². The van der Waals surface area contributed by atoms with Gasteiger partial charge in [-0.2, -0.15) is 0 Å². The number of nitro benzene ring substituents is 1. The van der Waals surface area contributed by atoms with E-state index in [9.17, 15) is 19.7 Å². The smallest absolute Gasteiger partial charge is 0.310 e. The van der Waals surface area contributed by atoms with Crippen molar-refractivity contribution in [1.29, 1.82) is 0 Å². The van der Waals surface area contributed by atoms with Gasteiger partial charge in [-0.25, -0.2) is 0 Å². The summed E-state index contributed by atoms with van der Waals surface area (Å²) in [6, 6.07) is 21.2. The Bertz CT molecular complexity index is 1070. The van der Waals surface area contributed by atoms with E-state index in [1.807, 2.05) is 6.07 Å². The van der Waals surface area contributed by atoms with Crippen molar-refractivity contribution in [3.05, 3.63) is 94.5 Å². The molecule has 0 aromatic heterocycles. The zero-order valence-corrected chi connectivity index (χ0v) is 16.1. The average molecular weight is 405 g/mol. The van der Waals surface area contributed by atoms with Crippen LogP contribution in [0.3, 0.4) is 0 Å². The Balaban J connectivity index is 1.65. The lowest BCUT2D eigenvalue weighted by molar-refractivity contribution is -0.386. The summed E-state index contributed by atoms with van der Waals surface area (Å²) in [4.78, 5) is 35.2. The summed E-state index contributed by atoms with van der Waals surface area (Å²) < 4.78 is 5.47. The monoisotopic (exact) mass is 405 g/mol. The highest BCUT2D eigenvalue weighted by Gasteiger charge is 2.20. The van der Waals surface area contributed by atoms with Gasteiger partial charge >= 0.3 is 5.69 Å². The van der Waals surface area contributed by atoms with Crippen molar-refractivity contribution in [2.45, 2.75) is 13.0 Å². The van der Waals surface area contributed by atoms with Crippen LogP contribution in [0.15, 0.2) is 78.9 Å². The van der Waals surface area contributed by atoms with E-state index >= 15 is 0 Å². The number of carbonyl (C=O) groups excluding carboxylic acids is 2. The predicted octanol–water partition coefficient (Wildman–Crippen LogP) is 4.25. The molecule has 3 aromatic rings. The van der Waals surface area contributed by atoms with E-state index in [-0.39, 0.29) is 17.3 Å². The standard InChI is InChI=1S/C22H19N3O5/c1-15(30-20-13-6-5-12-19(20)25(28)29)21(26)23-17-10-7-11-18(14-17)24-22(27)16-8-3-2-4-9-16/h2-15H,1H3,(H,23,26)(H,24,27). The molecule has 3 aromatic carbocycles. The fourth-order valence-electron chi connectivity index (χ4n) is 2.66. The lowest BCUT2D eigenvalue weighted by Gasteiger charge is -2.15. The molecule has 0 saturated carbocycles. The van der Waals surface area contributed by atoms with E-state index in [1.54, 1.807) is 54.6 Å². The van der Waals surface area contributed by atoms with Gasteiger partial charge in [-0.3, -0.25) is 19.7 Å². The second-order valence-electron chi connectivity index (χ2n) is 6.38. The summed E-state index contributed by atoms with van der Waals surface area (Å²) >= 11 is 0. The number of ether oxygens (including phenoxy) is 1. The first-order valence-electron chi connectivity index (χ1n) is 9.11. The molecule has 0 bridgehead atoms. The lowest BCUT2D eigenvalue weighted by atomic mass is 10.2. The van der Waals surface area contributed by atoms with Crippen LogP contribution >= 0.6 is 0 Å². The van der Waals surface area contributed by atoms with Crippen molar-refractivity contribution >= 4 is 28.9 Å². The SMILES string of the molecule is CC(Oc1ccccc1[N+](=O)[O-])C(=O)Nc1cccc(NC(=O)c2ccccc2)c1. The molecule has 0 heterocycles. The highest BCUT2D eigenvalue weighted by atomic mass is 16.6. The molecule has 0 radical (unpaired) electrons. The van der Waals surface area contributed by atoms with E-state index < -0.39 is 16.9 Å². The summed E-state index contributed by atoms with van der Waals surface area (Å²) in [5.41, 5.74) is 1.25. The van der Waals surface area contributed by atoms with Crippen LogP contribution in [-0.4, -0.2) is 22.8 Å². The molecule has 0 aliphatic rings. The quantitative estimate of drug-likeness (QED) is 0.451. The van der Waals surface area contributed by atoms with Crippen LogP contribution in [0.4, 0.5) is 17.1 Å². The number of hydrogen-bond donors (Lipinski definition) is 2. The summed E-state index contributed by atoms with van der Waals surface area (Å²) in [6.07, 6.45) is -0.978. The van der Waals surface area contributed by atoms with Crippen LogP contribution in [0.2, 0.25) is 0 Å². The highest BCUT2D eigenvalue weighted by Crippen LogP contribution is 2.27. The van der Waals surface area contributed by atoms with Gasteiger partial charge < -0.3 is 15.4 Å². The zero-order valence-electron chi connectivity index (χ0n) is 16.1. The van der Waals surface area contributed by atoms with E-state index in [1.165, 1.54) is 25.1 Å². The Morgan fingerprint density at radius 1 is 0.900 bits per heavy atom. The first-order chi connectivity index (χ1) is 14.4. The van der Waals surface area contributed by atoms with Crippen molar-refractivity contribution < 1.29 is 19.2 Å². The summed E-state index contributed by atoms with van der Waals surface area (Å²) in [6.45, 7) is 1.49. The van der Waals surface area contributed by atoms with Gasteiger partial charge in [0.25, 0.3) is 11.8 Å². The van der Waals surface area contributed by atoms with Crippen LogP contribution in [-0.2, 0) is 4.79 Å². The second-order valence-corrected chi connectivity index (χ2v) is 6.38. The number of para-hydroxylation sites is 2. The minimum absolute atomic E-state index is 0.00836. The highest BCUT2D eigenvalue weighted by molar-refractivity contribution is 6.04. The molecule has 8 heteroatoms. The number of nitrogens with zero attached hydrogens (tertiary/aromatic N) is 1. The molecule has 2 N–H and O–H groups in total. The summed E-state index contributed by atoms with van der Waals surface area (Å²) in [7, 11) is 0. The van der Waals surface area contributed by atoms with Crippen LogP contribution in [0.25, 0.3) is 0 Å². The van der Waals surface area contributed by atoms with Gasteiger partial charge in [0.1, 0.15) is 0 Å². The molecular formula is C22H19N3O5. The van der Waals surface area contributed by atoms with E-state index in [4.69, 9.17) is 4.74 Å². The number of nitrogens with one attached hydrogen (secondary N) is 2. The number of hydrogen-bond acceptors (Lipinski definition) is 5. The molecular weight excluding hydrogens is 386 g/mol. The molecule has 2 amide bonds. The fourth-order valence-corrected chi connectivity index (χ4v) is 2.66. The number of amides is 2. The lowest BCUT2D eigenvalue weighted by Crippen LogP contribution is -2.30. The van der Waals surface area contributed by atoms with E-state index in [0.29, 0.717) is 16.9 Å². The molecule has 3 rings (SSSR count). The number of benzene rings is 3. The molecule has 8 nitrogen and oxygen atoms in total. The van der Waals surface area contributed by atoms with Gasteiger partial charge in [0, 0.05) is 23.0 Å². The Kier molecular flexibility index (Phi) is 6.39. The van der Waals surface area contributed by atoms with Crippen LogP contribution in [0, 0.1) is 10.1 Å². The van der Waals surface area contributed by atoms with E-state index in [0.717, 1.165) is 0 Å². The third-order valence-corrected chi connectivity index (χ3v) is 4.16. The first kappa shape index (κ1) is 20.5. The van der Waals surface area contributed by atoms with Gasteiger partial charge in [-0.15, -0.1) is 0 Å². The van der Waals surface area contributed by atoms with Crippen LogP contribution < -0.4 is 15.4 Å². The van der Waals surface area contributed by atoms with Crippen molar-refractivity contribution in [2.24, 2.45) is 0 Å². The number of rotatable bonds is 7. The van der Waals surface area contributed by atoms with Gasteiger partial charge in [0.15, 0.2) is 11.9 Å². The molecule has 0 saturated heterocycles. The van der Waals surface area contributed by atoms with Crippen molar-refractivity contribution in [3.63, 3.8) is 0 Å². The summed E-state index contributed by atoms with van der Waals surface area (Å²) in [5, 5.41) is 16.5. The molecule has 0 aliphatic carbocycles. The van der Waals surface area contributed by atoms with Gasteiger partial charge in [0.05, 0.1) is 4.92 Å². The van der Waals surface area contributed by atoms with Gasteiger partial charge in [-0.05, 0) is 43.3 Å². The maximum Gasteiger partial charge on any atom is 0.310 e. The van der Waals surface area contributed by atoms with Crippen molar-refractivity contribution in [1.82, 2.24) is 0 Å². The fraction of sp³-hybridized carbons (Fsp3) is 0.0909. The minimum Gasteiger partial charge on any atom is -0.474 e. The molecule has 1 atom stereocenters. The summed E-state index contributed by atoms with van der Waals surface area (Å²) in [5.74, 6) is -0.749. The molecule has 0 fully saturated rings. The van der Waals surface area contributed by atoms with Gasteiger partial charge in [0.2, 0.25) is 0 Å². The van der Waals surface area contributed by atoms with Gasteiger partial charge in [-0.1, -0.05) is 36.4 Å². The number of carbonyl (C=O) groups is 2. The minimum atomic E-state index is -0.978. The molecule has 0 aliphatic heterocycles.